The lowest BCUT2D eigenvalue weighted by atomic mass is 10.4. The number of nitrogens with two attached hydrogens (primary N) is 1. The highest BCUT2D eigenvalue weighted by Crippen LogP contribution is 2.00. The fraction of sp³-hybridized carbons (Fsp3) is 0.556. The first kappa shape index (κ1) is 10.7. The number of rotatable bonds is 6. The molecule has 0 bridgehead atoms. The van der Waals surface area contributed by atoms with E-state index in [0.29, 0.717) is 11.6 Å². The molecule has 0 aliphatic heterocycles. The molecular formula is C9H16N4O. The maximum Gasteiger partial charge on any atom is 0.222 e. The molecule has 0 aliphatic carbocycles. The van der Waals surface area contributed by atoms with E-state index in [9.17, 15) is 0 Å². The van der Waals surface area contributed by atoms with E-state index in [1.807, 2.05) is 6.92 Å². The molecule has 5 nitrogen and oxygen atoms in total. The van der Waals surface area contributed by atoms with Gasteiger partial charge >= 0.3 is 0 Å². The van der Waals surface area contributed by atoms with Gasteiger partial charge < -0.3 is 15.8 Å². The second-order valence-corrected chi connectivity index (χ2v) is 2.82. The lowest BCUT2D eigenvalue weighted by Crippen LogP contribution is -2.08. The van der Waals surface area contributed by atoms with Gasteiger partial charge in [-0.15, -0.1) is 0 Å². The summed E-state index contributed by atoms with van der Waals surface area (Å²) in [6, 6.07) is 0. The van der Waals surface area contributed by atoms with Crippen molar-refractivity contribution in [3.05, 3.63) is 12.4 Å². The summed E-state index contributed by atoms with van der Waals surface area (Å²) in [6.45, 7) is 4.32. The van der Waals surface area contributed by atoms with E-state index in [1.54, 1.807) is 12.4 Å². The number of hydrogen-bond acceptors (Lipinski definition) is 5. The molecule has 78 valence electrons. The average molecular weight is 196 g/mol. The summed E-state index contributed by atoms with van der Waals surface area (Å²) in [7, 11) is 0. The van der Waals surface area contributed by atoms with Crippen LogP contribution in [0, 0.1) is 0 Å². The number of ether oxygens (including phenoxy) is 1. The Kier molecular flexibility index (Phi) is 4.71. The predicted molar refractivity (Wildman–Crippen MR) is 56.0 cm³/mol. The minimum atomic E-state index is 0.574. The zero-order valence-corrected chi connectivity index (χ0v) is 8.36. The van der Waals surface area contributed by atoms with Crippen LogP contribution in [0.1, 0.15) is 13.3 Å². The molecule has 3 N–H and O–H groups in total. The average Bonchev–Trinajstić information content (AvgIpc) is 2.21. The summed E-state index contributed by atoms with van der Waals surface area (Å²) in [6.07, 6.45) is 4.11. The first-order valence-corrected chi connectivity index (χ1v) is 4.72. The maximum atomic E-state index is 5.45. The molecule has 0 unspecified atom stereocenters. The van der Waals surface area contributed by atoms with Gasteiger partial charge in [0.25, 0.3) is 0 Å². The number of nitrogens with one attached hydrogen (secondary N) is 1. The molecule has 14 heavy (non-hydrogen) atoms. The van der Waals surface area contributed by atoms with Crippen molar-refractivity contribution >= 4 is 11.6 Å². The van der Waals surface area contributed by atoms with Crippen molar-refractivity contribution in [2.75, 3.05) is 30.8 Å². The van der Waals surface area contributed by atoms with Crippen molar-refractivity contribution < 1.29 is 4.74 Å². The summed E-state index contributed by atoms with van der Waals surface area (Å²) in [5.41, 5.74) is 6.02. The van der Waals surface area contributed by atoms with E-state index in [1.165, 1.54) is 0 Å². The lowest BCUT2D eigenvalue weighted by Gasteiger charge is -2.04. The lowest BCUT2D eigenvalue weighted by molar-refractivity contribution is 0.147. The fourth-order valence-corrected chi connectivity index (χ4v) is 0.948. The molecule has 0 radical (unpaired) electrons. The summed E-state index contributed by atoms with van der Waals surface area (Å²) in [5, 5.41) is 3.07. The van der Waals surface area contributed by atoms with Crippen LogP contribution in [0.3, 0.4) is 0 Å². The second kappa shape index (κ2) is 6.15. The van der Waals surface area contributed by atoms with Gasteiger partial charge in [-0.05, 0) is 13.3 Å². The molecule has 0 saturated heterocycles. The Balaban J connectivity index is 2.15. The SMILES string of the molecule is CCOCCCNc1ncc(N)cn1. The van der Waals surface area contributed by atoms with E-state index in [2.05, 4.69) is 15.3 Å². The molecule has 0 fully saturated rings. The van der Waals surface area contributed by atoms with E-state index in [4.69, 9.17) is 10.5 Å². The van der Waals surface area contributed by atoms with Crippen LogP contribution in [0.25, 0.3) is 0 Å². The van der Waals surface area contributed by atoms with Crippen LogP contribution in [0.2, 0.25) is 0 Å². The normalized spacial score (nSPS) is 10.1. The molecule has 0 aliphatic rings. The standard InChI is InChI=1S/C9H16N4O/c1-2-14-5-3-4-11-9-12-6-8(10)7-13-9/h6-7H,2-5,10H2,1H3,(H,11,12,13). The minimum absolute atomic E-state index is 0.574. The van der Waals surface area contributed by atoms with Crippen LogP contribution in [0.15, 0.2) is 12.4 Å². The number of nitrogen functional groups attached to an aromatic ring is 1. The Labute approximate surface area is 83.7 Å². The molecular weight excluding hydrogens is 180 g/mol. The summed E-state index contributed by atoms with van der Waals surface area (Å²) < 4.78 is 5.19. The van der Waals surface area contributed by atoms with Crippen molar-refractivity contribution in [1.82, 2.24) is 9.97 Å². The molecule has 5 heteroatoms. The molecule has 1 aromatic rings. The van der Waals surface area contributed by atoms with Crippen LogP contribution < -0.4 is 11.1 Å². The topological polar surface area (TPSA) is 73.1 Å². The minimum Gasteiger partial charge on any atom is -0.396 e. The number of hydrogen-bond donors (Lipinski definition) is 2. The Morgan fingerprint density at radius 3 is 2.79 bits per heavy atom. The third-order valence-corrected chi connectivity index (χ3v) is 1.62. The smallest absolute Gasteiger partial charge is 0.222 e. The van der Waals surface area contributed by atoms with Crippen LogP contribution in [0.4, 0.5) is 11.6 Å². The van der Waals surface area contributed by atoms with E-state index in [-0.39, 0.29) is 0 Å². The third kappa shape index (κ3) is 4.04. The third-order valence-electron chi connectivity index (χ3n) is 1.62. The second-order valence-electron chi connectivity index (χ2n) is 2.82. The highest BCUT2D eigenvalue weighted by molar-refractivity contribution is 5.35. The number of aromatic nitrogens is 2. The Morgan fingerprint density at radius 2 is 2.14 bits per heavy atom. The molecule has 0 atom stereocenters. The number of nitrogens with zero attached hydrogens (tertiary/aromatic N) is 2. The highest BCUT2D eigenvalue weighted by Gasteiger charge is 1.93. The fourth-order valence-electron chi connectivity index (χ4n) is 0.948. The van der Waals surface area contributed by atoms with E-state index >= 15 is 0 Å². The van der Waals surface area contributed by atoms with Gasteiger partial charge in [0.15, 0.2) is 0 Å². The van der Waals surface area contributed by atoms with Gasteiger partial charge in [0.05, 0.1) is 18.1 Å². The zero-order chi connectivity index (χ0) is 10.2. The van der Waals surface area contributed by atoms with Crippen molar-refractivity contribution in [3.8, 4) is 0 Å². The van der Waals surface area contributed by atoms with Gasteiger partial charge in [-0.1, -0.05) is 0 Å². The van der Waals surface area contributed by atoms with Gasteiger partial charge in [0.2, 0.25) is 5.95 Å². The van der Waals surface area contributed by atoms with Crippen molar-refractivity contribution in [3.63, 3.8) is 0 Å². The quantitative estimate of drug-likeness (QED) is 0.661. The Hall–Kier alpha value is -1.36. The number of anilines is 2. The van der Waals surface area contributed by atoms with Gasteiger partial charge in [-0.2, -0.15) is 0 Å². The zero-order valence-electron chi connectivity index (χ0n) is 8.36. The molecule has 0 saturated carbocycles. The maximum absolute atomic E-state index is 5.45. The van der Waals surface area contributed by atoms with Gasteiger partial charge in [0, 0.05) is 19.8 Å². The summed E-state index contributed by atoms with van der Waals surface area (Å²) in [4.78, 5) is 8.02. The summed E-state index contributed by atoms with van der Waals surface area (Å²) >= 11 is 0. The molecule has 0 amide bonds. The molecule has 0 spiro atoms. The Morgan fingerprint density at radius 1 is 1.43 bits per heavy atom. The van der Waals surface area contributed by atoms with Crippen molar-refractivity contribution in [2.24, 2.45) is 0 Å². The van der Waals surface area contributed by atoms with E-state index < -0.39 is 0 Å². The van der Waals surface area contributed by atoms with Crippen LogP contribution in [-0.4, -0.2) is 29.7 Å². The highest BCUT2D eigenvalue weighted by atomic mass is 16.5. The molecule has 1 heterocycles. The molecule has 0 aromatic carbocycles. The van der Waals surface area contributed by atoms with Gasteiger partial charge in [-0.25, -0.2) is 9.97 Å². The Bertz CT molecular complexity index is 249. The van der Waals surface area contributed by atoms with Crippen molar-refractivity contribution in [1.29, 1.82) is 0 Å². The van der Waals surface area contributed by atoms with Crippen LogP contribution in [-0.2, 0) is 4.74 Å². The van der Waals surface area contributed by atoms with Gasteiger partial charge in [0.1, 0.15) is 0 Å². The van der Waals surface area contributed by atoms with Crippen LogP contribution >= 0.6 is 0 Å². The van der Waals surface area contributed by atoms with E-state index in [0.717, 1.165) is 26.2 Å². The first-order valence-electron chi connectivity index (χ1n) is 4.72. The monoisotopic (exact) mass is 196 g/mol. The van der Waals surface area contributed by atoms with Crippen molar-refractivity contribution in [2.45, 2.75) is 13.3 Å². The van der Waals surface area contributed by atoms with Gasteiger partial charge in [-0.3, -0.25) is 0 Å². The first-order chi connectivity index (χ1) is 6.83. The molecule has 1 aromatic heterocycles. The summed E-state index contributed by atoms with van der Waals surface area (Å²) in [5.74, 6) is 0.607. The predicted octanol–water partition coefficient (Wildman–Crippen LogP) is 0.897. The largest absolute Gasteiger partial charge is 0.396 e. The van der Waals surface area contributed by atoms with Crippen LogP contribution in [0.5, 0.6) is 0 Å². The molecule has 1 rings (SSSR count).